The lowest BCUT2D eigenvalue weighted by molar-refractivity contribution is 0.0435. The Labute approximate surface area is 133 Å². The molecule has 0 amide bonds. The molecule has 0 aliphatic carbocycles. The number of ether oxygens (including phenoxy) is 1. The van der Waals surface area contributed by atoms with Gasteiger partial charge in [0.25, 0.3) is 0 Å². The predicted octanol–water partition coefficient (Wildman–Crippen LogP) is 1.65. The van der Waals surface area contributed by atoms with Crippen LogP contribution in [0.4, 0.5) is 5.82 Å². The number of nitrogens with two attached hydrogens (primary N) is 1. The molecule has 23 heavy (non-hydrogen) atoms. The Bertz CT molecular complexity index is 724. The molecular weight excluding hydrogens is 321 g/mol. The summed E-state index contributed by atoms with van der Waals surface area (Å²) in [6, 6.07) is 0. The molecule has 0 spiro atoms. The number of aromatic nitrogens is 4. The van der Waals surface area contributed by atoms with E-state index in [0.717, 1.165) is 0 Å². The topological polar surface area (TPSA) is 114 Å². The van der Waals surface area contributed by atoms with Gasteiger partial charge in [0.05, 0.1) is 32.2 Å². The molecule has 3 heterocycles. The SMILES string of the molecule is CC1COP(=O)(COC(C)Cn2cnc3c(N)ncnc32)OC1. The largest absolute Gasteiger partial charge is 0.382 e. The summed E-state index contributed by atoms with van der Waals surface area (Å²) >= 11 is 0. The third kappa shape index (κ3) is 3.69. The Balaban J connectivity index is 1.60. The van der Waals surface area contributed by atoms with Gasteiger partial charge in [0.1, 0.15) is 18.2 Å². The van der Waals surface area contributed by atoms with Gasteiger partial charge in [0, 0.05) is 5.92 Å². The Hall–Kier alpha value is -1.54. The van der Waals surface area contributed by atoms with Gasteiger partial charge in [-0.2, -0.15) is 0 Å². The summed E-state index contributed by atoms with van der Waals surface area (Å²) in [6.07, 6.45) is 2.74. The van der Waals surface area contributed by atoms with Crippen LogP contribution in [0.2, 0.25) is 0 Å². The molecule has 1 aliphatic rings. The van der Waals surface area contributed by atoms with Crippen LogP contribution in [0.3, 0.4) is 0 Å². The third-order valence-electron chi connectivity index (χ3n) is 3.51. The Morgan fingerprint density at radius 2 is 2.17 bits per heavy atom. The molecule has 1 unspecified atom stereocenters. The molecule has 2 aromatic rings. The molecule has 0 radical (unpaired) electrons. The molecule has 0 aromatic carbocycles. The fraction of sp³-hybridized carbons (Fsp3) is 0.615. The van der Waals surface area contributed by atoms with E-state index in [0.29, 0.717) is 36.7 Å². The van der Waals surface area contributed by atoms with Gasteiger partial charge in [-0.25, -0.2) is 15.0 Å². The number of hydrogen-bond acceptors (Lipinski definition) is 8. The summed E-state index contributed by atoms with van der Waals surface area (Å²) in [5.41, 5.74) is 6.95. The smallest absolute Gasteiger partial charge is 0.356 e. The highest BCUT2D eigenvalue weighted by Gasteiger charge is 2.31. The van der Waals surface area contributed by atoms with E-state index in [4.69, 9.17) is 19.5 Å². The van der Waals surface area contributed by atoms with Crippen LogP contribution in [0.5, 0.6) is 0 Å². The van der Waals surface area contributed by atoms with Gasteiger partial charge < -0.3 is 24.1 Å². The first-order valence-electron chi connectivity index (χ1n) is 7.38. The summed E-state index contributed by atoms with van der Waals surface area (Å²) < 4.78 is 30.4. The summed E-state index contributed by atoms with van der Waals surface area (Å²) in [7, 11) is -3.14. The Morgan fingerprint density at radius 3 is 2.91 bits per heavy atom. The fourth-order valence-corrected chi connectivity index (χ4v) is 3.85. The highest BCUT2D eigenvalue weighted by Crippen LogP contribution is 2.51. The van der Waals surface area contributed by atoms with Crippen molar-refractivity contribution in [2.75, 3.05) is 25.3 Å². The van der Waals surface area contributed by atoms with Gasteiger partial charge in [-0.1, -0.05) is 6.92 Å². The van der Waals surface area contributed by atoms with E-state index in [1.807, 2.05) is 18.4 Å². The number of nitrogen functional groups attached to an aromatic ring is 1. The summed E-state index contributed by atoms with van der Waals surface area (Å²) in [6.45, 7) is 5.19. The Kier molecular flexibility index (Phi) is 4.63. The van der Waals surface area contributed by atoms with Crippen molar-refractivity contribution in [3.05, 3.63) is 12.7 Å². The second kappa shape index (κ2) is 6.52. The standard InChI is InChI=1S/C13H20N5O4P/c1-9-4-21-23(19,22-5-9)8-20-10(2)3-18-7-17-11-12(14)15-6-16-13(11)18/h6-7,9-10H,3-5,8H2,1-2H3,(H2,14,15,16). The van der Waals surface area contributed by atoms with Crippen LogP contribution in [0, 0.1) is 5.92 Å². The molecule has 2 N–H and O–H groups in total. The lowest BCUT2D eigenvalue weighted by Gasteiger charge is -2.27. The van der Waals surface area contributed by atoms with Crippen molar-refractivity contribution in [1.29, 1.82) is 0 Å². The number of imidazole rings is 1. The minimum Gasteiger partial charge on any atom is -0.382 e. The average molecular weight is 341 g/mol. The minimum absolute atomic E-state index is 0.0648. The second-order valence-corrected chi connectivity index (χ2v) is 7.74. The molecule has 1 fully saturated rings. The zero-order valence-electron chi connectivity index (χ0n) is 13.1. The molecule has 9 nitrogen and oxygen atoms in total. The first-order valence-corrected chi connectivity index (χ1v) is 9.11. The normalized spacial score (nSPS) is 26.4. The number of nitrogens with zero attached hydrogens (tertiary/aromatic N) is 4. The zero-order valence-corrected chi connectivity index (χ0v) is 14.0. The van der Waals surface area contributed by atoms with Crippen molar-refractivity contribution in [2.45, 2.75) is 26.5 Å². The number of rotatable bonds is 5. The van der Waals surface area contributed by atoms with Crippen LogP contribution in [0.1, 0.15) is 13.8 Å². The minimum atomic E-state index is -3.14. The van der Waals surface area contributed by atoms with Crippen LogP contribution in [-0.2, 0) is 24.9 Å². The first kappa shape index (κ1) is 16.3. The van der Waals surface area contributed by atoms with Crippen molar-refractivity contribution in [1.82, 2.24) is 19.5 Å². The number of fused-ring (bicyclic) bond motifs is 1. The van der Waals surface area contributed by atoms with Crippen LogP contribution < -0.4 is 5.73 Å². The van der Waals surface area contributed by atoms with Crippen LogP contribution >= 0.6 is 7.60 Å². The molecular formula is C13H20N5O4P. The fourth-order valence-electron chi connectivity index (χ4n) is 2.22. The van der Waals surface area contributed by atoms with Crippen molar-refractivity contribution in [3.8, 4) is 0 Å². The zero-order chi connectivity index (χ0) is 16.4. The molecule has 1 atom stereocenters. The van der Waals surface area contributed by atoms with Gasteiger partial charge >= 0.3 is 7.60 Å². The van der Waals surface area contributed by atoms with Crippen molar-refractivity contribution < 1.29 is 18.3 Å². The lowest BCUT2D eigenvalue weighted by Crippen LogP contribution is -2.23. The van der Waals surface area contributed by atoms with Crippen LogP contribution in [-0.4, -0.2) is 45.2 Å². The van der Waals surface area contributed by atoms with E-state index >= 15 is 0 Å². The van der Waals surface area contributed by atoms with Crippen LogP contribution in [0.25, 0.3) is 11.2 Å². The summed E-state index contributed by atoms with van der Waals surface area (Å²) in [4.78, 5) is 12.3. The van der Waals surface area contributed by atoms with Crippen molar-refractivity contribution in [2.24, 2.45) is 5.92 Å². The van der Waals surface area contributed by atoms with Crippen molar-refractivity contribution >= 4 is 24.6 Å². The molecule has 1 aliphatic heterocycles. The first-order chi connectivity index (χ1) is 11.0. The van der Waals surface area contributed by atoms with E-state index in [9.17, 15) is 4.57 Å². The van der Waals surface area contributed by atoms with Gasteiger partial charge in [0.15, 0.2) is 11.5 Å². The average Bonchev–Trinajstić information content (AvgIpc) is 2.93. The van der Waals surface area contributed by atoms with Gasteiger partial charge in [-0.3, -0.25) is 4.57 Å². The van der Waals surface area contributed by atoms with E-state index in [2.05, 4.69) is 15.0 Å². The Morgan fingerprint density at radius 1 is 1.43 bits per heavy atom. The molecule has 0 bridgehead atoms. The molecule has 0 saturated carbocycles. The van der Waals surface area contributed by atoms with E-state index < -0.39 is 7.60 Å². The second-order valence-electron chi connectivity index (χ2n) is 5.74. The lowest BCUT2D eigenvalue weighted by atomic mass is 10.2. The van der Waals surface area contributed by atoms with Gasteiger partial charge in [-0.05, 0) is 6.92 Å². The molecule has 1 saturated heterocycles. The number of hydrogen-bond donors (Lipinski definition) is 1. The summed E-state index contributed by atoms with van der Waals surface area (Å²) in [5.74, 6) is 0.585. The highest BCUT2D eigenvalue weighted by atomic mass is 31.2. The highest BCUT2D eigenvalue weighted by molar-refractivity contribution is 7.53. The van der Waals surface area contributed by atoms with Crippen molar-refractivity contribution in [3.63, 3.8) is 0 Å². The molecule has 10 heteroatoms. The predicted molar refractivity (Wildman–Crippen MR) is 83.8 cm³/mol. The van der Waals surface area contributed by atoms with Gasteiger partial charge in [-0.15, -0.1) is 0 Å². The maximum Gasteiger partial charge on any atom is 0.356 e. The monoisotopic (exact) mass is 341 g/mol. The van der Waals surface area contributed by atoms with Gasteiger partial charge in [0.2, 0.25) is 0 Å². The van der Waals surface area contributed by atoms with E-state index in [1.54, 1.807) is 6.33 Å². The number of anilines is 1. The molecule has 2 aromatic heterocycles. The summed E-state index contributed by atoms with van der Waals surface area (Å²) in [5, 5.41) is 0. The molecule has 126 valence electrons. The van der Waals surface area contributed by atoms with Crippen LogP contribution in [0.15, 0.2) is 12.7 Å². The van der Waals surface area contributed by atoms with E-state index in [-0.39, 0.29) is 18.4 Å². The quantitative estimate of drug-likeness (QED) is 0.816. The maximum atomic E-state index is 12.3. The maximum absolute atomic E-state index is 12.3. The van der Waals surface area contributed by atoms with E-state index in [1.165, 1.54) is 6.33 Å². The molecule has 3 rings (SSSR count). The third-order valence-corrected chi connectivity index (χ3v) is 5.06.